The van der Waals surface area contributed by atoms with Crippen LogP contribution < -0.4 is 9.62 Å². The number of hydrogen-bond donors (Lipinski definition) is 1. The third kappa shape index (κ3) is 7.89. The van der Waals surface area contributed by atoms with E-state index in [0.29, 0.717) is 23.6 Å². The number of nitrogens with one attached hydrogen (secondary N) is 1. The zero-order chi connectivity index (χ0) is 26.3. The Morgan fingerprint density at radius 1 is 0.971 bits per heavy atom. The first-order valence-corrected chi connectivity index (χ1v) is 14.2. The van der Waals surface area contributed by atoms with Crippen molar-refractivity contribution < 1.29 is 18.0 Å². The molecule has 2 rings (SSSR count). The van der Waals surface area contributed by atoms with Crippen LogP contribution in [-0.2, 0) is 26.2 Å². The summed E-state index contributed by atoms with van der Waals surface area (Å²) in [5, 5.41) is 3.44. The van der Waals surface area contributed by atoms with Gasteiger partial charge in [-0.25, -0.2) is 8.42 Å². The highest BCUT2D eigenvalue weighted by molar-refractivity contribution is 7.92. The van der Waals surface area contributed by atoms with Gasteiger partial charge in [-0.2, -0.15) is 0 Å². The van der Waals surface area contributed by atoms with E-state index in [-0.39, 0.29) is 33.2 Å². The van der Waals surface area contributed by atoms with E-state index in [1.165, 1.54) is 17.0 Å². The van der Waals surface area contributed by atoms with Gasteiger partial charge in [0.05, 0.1) is 27.0 Å². The summed E-state index contributed by atoms with van der Waals surface area (Å²) < 4.78 is 26.2. The highest BCUT2D eigenvalue weighted by atomic mass is 35.5. The van der Waals surface area contributed by atoms with Gasteiger partial charge in [-0.1, -0.05) is 78.5 Å². The van der Waals surface area contributed by atoms with Gasteiger partial charge in [0.2, 0.25) is 21.8 Å². The Hall–Kier alpha value is -1.71. The maximum Gasteiger partial charge on any atom is 0.244 e. The lowest BCUT2D eigenvalue weighted by molar-refractivity contribution is -0.140. The topological polar surface area (TPSA) is 86.8 Å². The van der Waals surface area contributed by atoms with Crippen LogP contribution in [0.4, 0.5) is 5.69 Å². The zero-order valence-electron chi connectivity index (χ0n) is 19.5. The van der Waals surface area contributed by atoms with E-state index >= 15 is 0 Å². The number of nitrogens with zero attached hydrogens (tertiary/aromatic N) is 2. The van der Waals surface area contributed by atoms with Crippen molar-refractivity contribution in [1.82, 2.24) is 10.2 Å². The predicted molar refractivity (Wildman–Crippen MR) is 143 cm³/mol. The first kappa shape index (κ1) is 29.5. The van der Waals surface area contributed by atoms with Gasteiger partial charge < -0.3 is 10.2 Å². The van der Waals surface area contributed by atoms with Crippen molar-refractivity contribution in [2.75, 3.05) is 23.7 Å². The zero-order valence-corrected chi connectivity index (χ0v) is 23.4. The molecule has 0 fully saturated rings. The summed E-state index contributed by atoms with van der Waals surface area (Å²) in [4.78, 5) is 27.9. The van der Waals surface area contributed by atoms with Gasteiger partial charge in [-0.15, -0.1) is 0 Å². The Morgan fingerprint density at radius 2 is 1.60 bits per heavy atom. The molecule has 35 heavy (non-hydrogen) atoms. The fourth-order valence-electron chi connectivity index (χ4n) is 3.39. The number of halogens is 4. The molecule has 2 amide bonds. The number of anilines is 1. The SMILES string of the molecule is CCCNC(=O)C(CC)N(Cc1ccccc1Cl)C(=O)CN(c1cc(Cl)c(Cl)cc1Cl)S(C)(=O)=O. The maximum absolute atomic E-state index is 13.6. The summed E-state index contributed by atoms with van der Waals surface area (Å²) in [6.45, 7) is 3.52. The molecule has 2 aromatic rings. The number of rotatable bonds is 11. The Balaban J connectivity index is 2.51. The van der Waals surface area contributed by atoms with Crippen molar-refractivity contribution in [2.24, 2.45) is 0 Å². The fourth-order valence-corrected chi connectivity index (χ4v) is 5.14. The quantitative estimate of drug-likeness (QED) is 0.359. The average molecular weight is 583 g/mol. The van der Waals surface area contributed by atoms with Crippen LogP contribution in [0.3, 0.4) is 0 Å². The van der Waals surface area contributed by atoms with Gasteiger partial charge in [0.15, 0.2) is 0 Å². The number of carbonyl (C=O) groups excluding carboxylic acids is 2. The van der Waals surface area contributed by atoms with E-state index in [0.717, 1.165) is 17.0 Å². The second kappa shape index (κ2) is 13.0. The van der Waals surface area contributed by atoms with E-state index in [1.807, 2.05) is 6.92 Å². The first-order valence-electron chi connectivity index (χ1n) is 10.8. The van der Waals surface area contributed by atoms with Gasteiger partial charge in [-0.3, -0.25) is 13.9 Å². The van der Waals surface area contributed by atoms with E-state index in [4.69, 9.17) is 46.4 Å². The Bertz CT molecular complexity index is 1180. The molecule has 12 heteroatoms. The molecule has 0 bridgehead atoms. The minimum Gasteiger partial charge on any atom is -0.354 e. The Morgan fingerprint density at radius 3 is 2.17 bits per heavy atom. The van der Waals surface area contributed by atoms with E-state index < -0.39 is 28.5 Å². The molecule has 192 valence electrons. The molecule has 0 spiro atoms. The molecule has 0 aliphatic rings. The lowest BCUT2D eigenvalue weighted by atomic mass is 10.1. The maximum atomic E-state index is 13.6. The summed E-state index contributed by atoms with van der Waals surface area (Å²) in [6.07, 6.45) is 1.97. The van der Waals surface area contributed by atoms with Crippen LogP contribution in [0, 0.1) is 0 Å². The molecule has 0 radical (unpaired) electrons. The van der Waals surface area contributed by atoms with Crippen molar-refractivity contribution in [2.45, 2.75) is 39.3 Å². The monoisotopic (exact) mass is 581 g/mol. The molecular weight excluding hydrogens is 556 g/mol. The van der Waals surface area contributed by atoms with Crippen LogP contribution >= 0.6 is 46.4 Å². The normalized spacial score (nSPS) is 12.2. The van der Waals surface area contributed by atoms with Gasteiger partial charge in [-0.05, 0) is 36.6 Å². The van der Waals surface area contributed by atoms with E-state index in [9.17, 15) is 18.0 Å². The van der Waals surface area contributed by atoms with Crippen LogP contribution in [-0.4, -0.2) is 50.5 Å². The van der Waals surface area contributed by atoms with Crippen molar-refractivity contribution in [1.29, 1.82) is 0 Å². The molecule has 0 aliphatic heterocycles. The third-order valence-electron chi connectivity index (χ3n) is 5.17. The Kier molecular flexibility index (Phi) is 11.0. The Labute approximate surface area is 226 Å². The van der Waals surface area contributed by atoms with Crippen molar-refractivity contribution in [3.63, 3.8) is 0 Å². The summed E-state index contributed by atoms with van der Waals surface area (Å²) >= 11 is 24.7. The van der Waals surface area contributed by atoms with E-state index in [2.05, 4.69) is 5.32 Å². The standard InChI is InChI=1S/C23H27Cl4N3O4S/c1-4-10-28-23(32)20(5-2)29(13-15-8-6-7-9-16(15)24)22(31)14-30(35(3,33)34)21-12-18(26)17(25)11-19(21)27/h6-9,11-12,20H,4-5,10,13-14H2,1-3H3,(H,28,32). The largest absolute Gasteiger partial charge is 0.354 e. The van der Waals surface area contributed by atoms with Gasteiger partial charge in [0.1, 0.15) is 12.6 Å². The van der Waals surface area contributed by atoms with Crippen molar-refractivity contribution in [3.05, 3.63) is 62.1 Å². The lowest BCUT2D eigenvalue weighted by Gasteiger charge is -2.33. The highest BCUT2D eigenvalue weighted by Crippen LogP contribution is 2.35. The second-order valence-electron chi connectivity index (χ2n) is 7.82. The molecule has 1 N–H and O–H groups in total. The number of carbonyl (C=O) groups is 2. The average Bonchev–Trinajstić information content (AvgIpc) is 2.78. The van der Waals surface area contributed by atoms with Crippen LogP contribution in [0.2, 0.25) is 20.1 Å². The van der Waals surface area contributed by atoms with Crippen molar-refractivity contribution in [3.8, 4) is 0 Å². The second-order valence-corrected chi connectivity index (χ2v) is 11.4. The number of hydrogen-bond acceptors (Lipinski definition) is 4. The predicted octanol–water partition coefficient (Wildman–Crippen LogP) is 5.40. The van der Waals surface area contributed by atoms with Crippen LogP contribution in [0.5, 0.6) is 0 Å². The smallest absolute Gasteiger partial charge is 0.244 e. The third-order valence-corrected chi connectivity index (χ3v) is 7.69. The molecule has 0 saturated carbocycles. The summed E-state index contributed by atoms with van der Waals surface area (Å²) in [5.41, 5.74) is 0.612. The number of sulfonamides is 1. The summed E-state index contributed by atoms with van der Waals surface area (Å²) in [7, 11) is -3.97. The molecule has 1 unspecified atom stereocenters. The molecule has 2 aromatic carbocycles. The van der Waals surface area contributed by atoms with Gasteiger partial charge in [0.25, 0.3) is 0 Å². The molecular formula is C23H27Cl4N3O4S. The minimum absolute atomic E-state index is 0.00177. The molecule has 1 atom stereocenters. The highest BCUT2D eigenvalue weighted by Gasteiger charge is 2.32. The lowest BCUT2D eigenvalue weighted by Crippen LogP contribution is -2.52. The molecule has 0 heterocycles. The summed E-state index contributed by atoms with van der Waals surface area (Å²) in [6, 6.07) is 8.67. The van der Waals surface area contributed by atoms with Gasteiger partial charge in [0, 0.05) is 18.1 Å². The molecule has 0 aromatic heterocycles. The number of benzene rings is 2. The first-order chi connectivity index (χ1) is 16.4. The number of amides is 2. The van der Waals surface area contributed by atoms with Crippen LogP contribution in [0.25, 0.3) is 0 Å². The van der Waals surface area contributed by atoms with Gasteiger partial charge >= 0.3 is 0 Å². The van der Waals surface area contributed by atoms with Crippen LogP contribution in [0.15, 0.2) is 36.4 Å². The summed E-state index contributed by atoms with van der Waals surface area (Å²) in [5.74, 6) is -0.954. The van der Waals surface area contributed by atoms with E-state index in [1.54, 1.807) is 31.2 Å². The molecule has 7 nitrogen and oxygen atoms in total. The minimum atomic E-state index is -3.97. The molecule has 0 aliphatic carbocycles. The van der Waals surface area contributed by atoms with Crippen LogP contribution in [0.1, 0.15) is 32.3 Å². The molecule has 0 saturated heterocycles. The van der Waals surface area contributed by atoms with Crippen molar-refractivity contribution >= 4 is 73.9 Å². The fraction of sp³-hybridized carbons (Fsp3) is 0.391.